The Morgan fingerprint density at radius 2 is 1.61 bits per heavy atom. The SMILES string of the molecule is CCC1NC(=O)C(CCCN=C(N)N)NC(=O)C(C)(NC(=O)C(C)C)CCCCCCNC(=O)C(c2ccccc2)NC1=O. The van der Waals surface area contributed by atoms with Crippen LogP contribution in [-0.4, -0.2) is 66.2 Å². The zero-order chi connectivity index (χ0) is 32.7. The van der Waals surface area contributed by atoms with E-state index in [1.54, 1.807) is 52.0 Å². The van der Waals surface area contributed by atoms with Crippen molar-refractivity contribution in [2.24, 2.45) is 22.4 Å². The number of carbonyl (C=O) groups is 5. The molecule has 1 heterocycles. The Bertz CT molecular complexity index is 1150. The minimum atomic E-state index is -1.27. The minimum absolute atomic E-state index is 0.0908. The van der Waals surface area contributed by atoms with Gasteiger partial charge in [-0.3, -0.25) is 29.0 Å². The topological polar surface area (TPSA) is 210 Å². The average Bonchev–Trinajstić information content (AvgIpc) is 2.98. The highest BCUT2D eigenvalue weighted by Gasteiger charge is 2.38. The van der Waals surface area contributed by atoms with Crippen molar-refractivity contribution in [3.63, 3.8) is 0 Å². The second-order valence-electron chi connectivity index (χ2n) is 11.7. The lowest BCUT2D eigenvalue weighted by atomic mass is 9.91. The number of nitrogens with zero attached hydrogens (tertiary/aromatic N) is 1. The van der Waals surface area contributed by atoms with Gasteiger partial charge in [0.15, 0.2) is 5.96 Å². The van der Waals surface area contributed by atoms with Crippen LogP contribution in [0.4, 0.5) is 0 Å². The fourth-order valence-electron chi connectivity index (χ4n) is 4.82. The summed E-state index contributed by atoms with van der Waals surface area (Å²) in [7, 11) is 0. The van der Waals surface area contributed by atoms with Crippen molar-refractivity contribution >= 4 is 35.5 Å². The highest BCUT2D eigenvalue weighted by Crippen LogP contribution is 2.19. The molecule has 2 rings (SSSR count). The van der Waals surface area contributed by atoms with Crippen molar-refractivity contribution in [3.05, 3.63) is 35.9 Å². The predicted octanol–water partition coefficient (Wildman–Crippen LogP) is 0.888. The number of amides is 5. The maximum atomic E-state index is 13.7. The Balaban J connectivity index is 2.39. The van der Waals surface area contributed by atoms with Crippen molar-refractivity contribution in [2.75, 3.05) is 13.1 Å². The average molecular weight is 615 g/mol. The molecule has 4 unspecified atom stereocenters. The summed E-state index contributed by atoms with van der Waals surface area (Å²) in [5.74, 6) is -2.68. The fraction of sp³-hybridized carbons (Fsp3) is 0.613. The van der Waals surface area contributed by atoms with Crippen molar-refractivity contribution in [1.82, 2.24) is 26.6 Å². The predicted molar refractivity (Wildman–Crippen MR) is 169 cm³/mol. The molecule has 1 aliphatic heterocycles. The Kier molecular flexibility index (Phi) is 14.6. The first-order valence-corrected chi connectivity index (χ1v) is 15.5. The molecule has 1 aromatic carbocycles. The minimum Gasteiger partial charge on any atom is -0.370 e. The van der Waals surface area contributed by atoms with Gasteiger partial charge in [0.2, 0.25) is 29.5 Å². The Morgan fingerprint density at radius 1 is 0.955 bits per heavy atom. The highest BCUT2D eigenvalue weighted by atomic mass is 16.2. The van der Waals surface area contributed by atoms with Crippen LogP contribution in [0, 0.1) is 5.92 Å². The third-order valence-electron chi connectivity index (χ3n) is 7.62. The lowest BCUT2D eigenvalue weighted by molar-refractivity contribution is -0.137. The fourth-order valence-corrected chi connectivity index (χ4v) is 4.82. The van der Waals surface area contributed by atoms with Crippen molar-refractivity contribution in [3.8, 4) is 0 Å². The van der Waals surface area contributed by atoms with Crippen molar-refractivity contribution < 1.29 is 24.0 Å². The van der Waals surface area contributed by atoms with E-state index >= 15 is 0 Å². The molecule has 0 aliphatic carbocycles. The summed E-state index contributed by atoms with van der Waals surface area (Å²) in [4.78, 5) is 70.6. The molecule has 13 heteroatoms. The number of rotatable bonds is 8. The number of hydrogen-bond acceptors (Lipinski definition) is 6. The maximum Gasteiger partial charge on any atom is 0.247 e. The molecule has 1 aliphatic rings. The second kappa shape index (κ2) is 17.8. The molecule has 44 heavy (non-hydrogen) atoms. The van der Waals surface area contributed by atoms with E-state index in [0.717, 1.165) is 12.8 Å². The third-order valence-corrected chi connectivity index (χ3v) is 7.62. The zero-order valence-electron chi connectivity index (χ0n) is 26.4. The molecule has 1 fully saturated rings. The Labute approximate surface area is 260 Å². The summed E-state index contributed by atoms with van der Waals surface area (Å²) in [6, 6.07) is 5.93. The van der Waals surface area contributed by atoms with Gasteiger partial charge in [-0.25, -0.2) is 0 Å². The van der Waals surface area contributed by atoms with Crippen molar-refractivity contribution in [2.45, 2.75) is 103 Å². The number of nitrogens with one attached hydrogen (secondary N) is 5. The lowest BCUT2D eigenvalue weighted by Gasteiger charge is -2.33. The molecule has 0 radical (unpaired) electrons. The van der Waals surface area contributed by atoms with Crippen LogP contribution in [0.5, 0.6) is 0 Å². The number of nitrogens with two attached hydrogens (primary N) is 2. The molecule has 0 saturated carbocycles. The largest absolute Gasteiger partial charge is 0.370 e. The van der Waals surface area contributed by atoms with E-state index in [-0.39, 0.29) is 43.1 Å². The maximum absolute atomic E-state index is 13.7. The molecule has 5 amide bonds. The molecule has 1 saturated heterocycles. The molecule has 4 atom stereocenters. The van der Waals surface area contributed by atoms with Crippen LogP contribution >= 0.6 is 0 Å². The first-order chi connectivity index (χ1) is 20.9. The van der Waals surface area contributed by atoms with Crippen LogP contribution in [0.1, 0.15) is 90.7 Å². The molecule has 0 aromatic heterocycles. The zero-order valence-corrected chi connectivity index (χ0v) is 26.4. The Hall–Kier alpha value is -4.16. The summed E-state index contributed by atoms with van der Waals surface area (Å²) >= 11 is 0. The molecule has 1 aromatic rings. The van der Waals surface area contributed by atoms with Gasteiger partial charge in [0, 0.05) is 19.0 Å². The standard InChI is InChI=1S/C31H50N8O5/c1-5-22-26(41)38-24(21-14-9-8-10-15-21)28(43)34-18-12-7-6-11-17-31(4,39-25(40)20(2)3)29(44)37-23(27(42)36-22)16-13-19-35-30(32)33/h8-10,14-15,20,22-24H,5-7,11-13,16-19H2,1-4H3,(H,34,43)(H,36,42)(H,37,44)(H,38,41)(H,39,40)(H4,32,33,35). The number of guanidine groups is 1. The highest BCUT2D eigenvalue weighted by molar-refractivity contribution is 5.97. The van der Waals surface area contributed by atoms with Gasteiger partial charge >= 0.3 is 0 Å². The van der Waals surface area contributed by atoms with Gasteiger partial charge < -0.3 is 38.1 Å². The first-order valence-electron chi connectivity index (χ1n) is 15.5. The summed E-state index contributed by atoms with van der Waals surface area (Å²) in [5.41, 5.74) is 10.2. The number of carbonyl (C=O) groups excluding carboxylic acids is 5. The van der Waals surface area contributed by atoms with Gasteiger partial charge in [0.05, 0.1) is 0 Å². The quantitative estimate of drug-likeness (QED) is 0.128. The summed E-state index contributed by atoms with van der Waals surface area (Å²) in [6.45, 7) is 7.51. The van der Waals surface area contributed by atoms with Gasteiger partial charge in [-0.05, 0) is 44.6 Å². The number of hydrogen-bond donors (Lipinski definition) is 7. The van der Waals surface area contributed by atoms with E-state index in [4.69, 9.17) is 11.5 Å². The van der Waals surface area contributed by atoms with E-state index in [1.807, 2.05) is 6.07 Å². The first kappa shape index (κ1) is 36.0. The van der Waals surface area contributed by atoms with E-state index in [9.17, 15) is 24.0 Å². The van der Waals surface area contributed by atoms with Crippen LogP contribution in [0.3, 0.4) is 0 Å². The molecule has 244 valence electrons. The lowest BCUT2D eigenvalue weighted by Crippen LogP contribution is -2.62. The van der Waals surface area contributed by atoms with Gasteiger partial charge in [0.25, 0.3) is 0 Å². The Morgan fingerprint density at radius 3 is 2.25 bits per heavy atom. The van der Waals surface area contributed by atoms with Gasteiger partial charge in [-0.1, -0.05) is 70.4 Å². The van der Waals surface area contributed by atoms with Crippen molar-refractivity contribution in [1.29, 1.82) is 0 Å². The third kappa shape index (κ3) is 11.5. The normalized spacial score (nSPS) is 24.5. The van der Waals surface area contributed by atoms with Crippen LogP contribution in [0.15, 0.2) is 35.3 Å². The molecule has 13 nitrogen and oxygen atoms in total. The van der Waals surface area contributed by atoms with E-state index in [1.165, 1.54) is 0 Å². The molecule has 0 spiro atoms. The van der Waals surface area contributed by atoms with E-state index in [2.05, 4.69) is 31.6 Å². The molecule has 0 bridgehead atoms. The van der Waals surface area contributed by atoms with Gasteiger partial charge in [-0.15, -0.1) is 0 Å². The molecular formula is C31H50N8O5. The monoisotopic (exact) mass is 614 g/mol. The smallest absolute Gasteiger partial charge is 0.247 e. The number of benzene rings is 1. The second-order valence-corrected chi connectivity index (χ2v) is 11.7. The van der Waals surface area contributed by atoms with Crippen LogP contribution < -0.4 is 38.1 Å². The summed E-state index contributed by atoms with van der Waals surface area (Å²) < 4.78 is 0. The van der Waals surface area contributed by atoms with Gasteiger partial charge in [-0.2, -0.15) is 0 Å². The summed E-state index contributed by atoms with van der Waals surface area (Å²) in [6.07, 6.45) is 4.01. The molecular weight excluding hydrogens is 564 g/mol. The number of aliphatic imine (C=N–C) groups is 1. The molecule has 9 N–H and O–H groups in total. The van der Waals surface area contributed by atoms with Crippen LogP contribution in [0.25, 0.3) is 0 Å². The van der Waals surface area contributed by atoms with E-state index < -0.39 is 41.4 Å². The van der Waals surface area contributed by atoms with Gasteiger partial charge in [0.1, 0.15) is 23.7 Å². The van der Waals surface area contributed by atoms with Crippen LogP contribution in [-0.2, 0) is 24.0 Å². The van der Waals surface area contributed by atoms with Crippen LogP contribution in [0.2, 0.25) is 0 Å². The summed E-state index contributed by atoms with van der Waals surface area (Å²) in [5, 5.41) is 14.2. The van der Waals surface area contributed by atoms with E-state index in [0.29, 0.717) is 37.8 Å².